The van der Waals surface area contributed by atoms with Gasteiger partial charge >= 0.3 is 5.97 Å². The Hall–Kier alpha value is -2.21. The van der Waals surface area contributed by atoms with Crippen LogP contribution < -0.4 is 5.32 Å². The van der Waals surface area contributed by atoms with Gasteiger partial charge < -0.3 is 10.1 Å². The summed E-state index contributed by atoms with van der Waals surface area (Å²) in [5, 5.41) is 4.63. The number of aryl methyl sites for hydroxylation is 1. The Bertz CT molecular complexity index is 670. The second-order valence-corrected chi connectivity index (χ2v) is 5.76. The van der Waals surface area contributed by atoms with E-state index in [9.17, 15) is 14.0 Å². The number of hydrogen-bond acceptors (Lipinski definition) is 4. The Morgan fingerprint density at radius 1 is 1.36 bits per heavy atom. The maximum Gasteiger partial charge on any atom is 0.307 e. The summed E-state index contributed by atoms with van der Waals surface area (Å²) in [4.78, 5) is 24.7. The molecule has 1 N–H and O–H groups in total. The van der Waals surface area contributed by atoms with Crippen LogP contribution in [0.1, 0.15) is 33.3 Å². The number of esters is 1. The molecule has 2 rings (SSSR count). The summed E-state index contributed by atoms with van der Waals surface area (Å²) >= 11 is 1.43. The first-order chi connectivity index (χ1) is 10.5. The van der Waals surface area contributed by atoms with Crippen molar-refractivity contribution in [2.45, 2.75) is 19.4 Å². The second-order valence-electron chi connectivity index (χ2n) is 4.78. The highest BCUT2D eigenvalue weighted by atomic mass is 32.1. The van der Waals surface area contributed by atoms with E-state index >= 15 is 0 Å². The van der Waals surface area contributed by atoms with Crippen molar-refractivity contribution in [2.75, 3.05) is 7.11 Å². The fourth-order valence-corrected chi connectivity index (χ4v) is 2.82. The number of amides is 1. The minimum Gasteiger partial charge on any atom is -0.469 e. The molecule has 1 aromatic heterocycles. The zero-order chi connectivity index (χ0) is 16.1. The van der Waals surface area contributed by atoms with Gasteiger partial charge in [0.15, 0.2) is 0 Å². The van der Waals surface area contributed by atoms with Gasteiger partial charge in [-0.05, 0) is 36.1 Å². The molecule has 1 atom stereocenters. The number of hydrogen-bond donors (Lipinski definition) is 1. The van der Waals surface area contributed by atoms with E-state index in [0.29, 0.717) is 5.56 Å². The highest BCUT2D eigenvalue weighted by molar-refractivity contribution is 7.10. The minimum absolute atomic E-state index is 0.0249. The van der Waals surface area contributed by atoms with Crippen molar-refractivity contribution in [2.24, 2.45) is 0 Å². The van der Waals surface area contributed by atoms with Crippen LogP contribution in [0, 0.1) is 12.7 Å². The lowest BCUT2D eigenvalue weighted by Crippen LogP contribution is -2.30. The van der Waals surface area contributed by atoms with E-state index in [4.69, 9.17) is 0 Å². The molecule has 2 aromatic rings. The Labute approximate surface area is 131 Å². The molecule has 0 saturated carbocycles. The van der Waals surface area contributed by atoms with Crippen LogP contribution in [0.4, 0.5) is 4.39 Å². The molecule has 0 spiro atoms. The first-order valence-corrected chi connectivity index (χ1v) is 7.56. The van der Waals surface area contributed by atoms with E-state index in [0.717, 1.165) is 4.88 Å². The average Bonchev–Trinajstić information content (AvgIpc) is 3.03. The van der Waals surface area contributed by atoms with Crippen LogP contribution in [0.5, 0.6) is 0 Å². The number of methoxy groups -OCH3 is 1. The van der Waals surface area contributed by atoms with E-state index in [-0.39, 0.29) is 12.0 Å². The highest BCUT2D eigenvalue weighted by Crippen LogP contribution is 2.23. The number of thiophene rings is 1. The van der Waals surface area contributed by atoms with Crippen molar-refractivity contribution >= 4 is 23.2 Å². The monoisotopic (exact) mass is 321 g/mol. The number of carbonyl (C=O) groups excluding carboxylic acids is 2. The summed E-state index contributed by atoms with van der Waals surface area (Å²) in [6.07, 6.45) is 0.0249. The number of halogens is 1. The van der Waals surface area contributed by atoms with Gasteiger partial charge in [0.2, 0.25) is 0 Å². The predicted octanol–water partition coefficient (Wildman–Crippen LogP) is 3.23. The molecule has 116 valence electrons. The first kappa shape index (κ1) is 16.2. The summed E-state index contributed by atoms with van der Waals surface area (Å²) in [7, 11) is 1.30. The molecule has 1 heterocycles. The van der Waals surface area contributed by atoms with Crippen molar-refractivity contribution in [1.29, 1.82) is 0 Å². The number of carbonyl (C=O) groups is 2. The molecule has 0 aliphatic rings. The molecule has 1 unspecified atom stereocenters. The van der Waals surface area contributed by atoms with Gasteiger partial charge in [-0.15, -0.1) is 11.3 Å². The molecule has 0 aliphatic heterocycles. The van der Waals surface area contributed by atoms with E-state index < -0.39 is 23.7 Å². The number of nitrogens with one attached hydrogen (secondary N) is 1. The number of benzene rings is 1. The third kappa shape index (κ3) is 3.92. The summed E-state index contributed by atoms with van der Waals surface area (Å²) < 4.78 is 18.0. The molecule has 6 heteroatoms. The molecule has 0 saturated heterocycles. The van der Waals surface area contributed by atoms with Crippen LogP contribution in [-0.4, -0.2) is 19.0 Å². The van der Waals surface area contributed by atoms with Crippen LogP contribution >= 0.6 is 11.3 Å². The SMILES string of the molecule is COC(=O)CC(NC(=O)c1cc(F)ccc1C)c1cccs1. The molecular weight excluding hydrogens is 305 g/mol. The Morgan fingerprint density at radius 3 is 2.77 bits per heavy atom. The second kappa shape index (κ2) is 7.17. The van der Waals surface area contributed by atoms with Gasteiger partial charge in [0.05, 0.1) is 19.6 Å². The number of ether oxygens (including phenoxy) is 1. The van der Waals surface area contributed by atoms with E-state index in [1.54, 1.807) is 13.0 Å². The van der Waals surface area contributed by atoms with Crippen molar-refractivity contribution in [3.8, 4) is 0 Å². The van der Waals surface area contributed by atoms with Gasteiger partial charge in [0, 0.05) is 10.4 Å². The number of rotatable bonds is 5. The van der Waals surface area contributed by atoms with Crippen molar-refractivity contribution in [3.05, 3.63) is 57.5 Å². The molecule has 1 amide bonds. The normalized spacial score (nSPS) is 11.8. The van der Waals surface area contributed by atoms with Crippen molar-refractivity contribution in [1.82, 2.24) is 5.32 Å². The van der Waals surface area contributed by atoms with E-state index in [1.165, 1.54) is 30.6 Å². The van der Waals surface area contributed by atoms with Gasteiger partial charge in [-0.1, -0.05) is 12.1 Å². The standard InChI is InChI=1S/C16H16FNO3S/c1-10-5-6-11(17)8-12(10)16(20)18-13(9-15(19)21-2)14-4-3-7-22-14/h3-8,13H,9H2,1-2H3,(H,18,20). The maximum absolute atomic E-state index is 13.3. The lowest BCUT2D eigenvalue weighted by Gasteiger charge is -2.17. The van der Waals surface area contributed by atoms with Crippen LogP contribution in [-0.2, 0) is 9.53 Å². The highest BCUT2D eigenvalue weighted by Gasteiger charge is 2.21. The molecule has 1 aromatic carbocycles. The van der Waals surface area contributed by atoms with Gasteiger partial charge in [0.1, 0.15) is 5.82 Å². The lowest BCUT2D eigenvalue weighted by molar-refractivity contribution is -0.141. The third-order valence-corrected chi connectivity index (χ3v) is 4.22. The van der Waals surface area contributed by atoms with Crippen LogP contribution in [0.2, 0.25) is 0 Å². The van der Waals surface area contributed by atoms with E-state index in [2.05, 4.69) is 10.1 Å². The third-order valence-electron chi connectivity index (χ3n) is 3.23. The topological polar surface area (TPSA) is 55.4 Å². The van der Waals surface area contributed by atoms with E-state index in [1.807, 2.05) is 17.5 Å². The molecule has 0 fully saturated rings. The summed E-state index contributed by atoms with van der Waals surface area (Å²) in [6, 6.07) is 7.21. The summed E-state index contributed by atoms with van der Waals surface area (Å²) in [5.41, 5.74) is 0.924. The van der Waals surface area contributed by atoms with Gasteiger partial charge in [0.25, 0.3) is 5.91 Å². The quantitative estimate of drug-likeness (QED) is 0.860. The molecule has 0 radical (unpaired) electrons. The van der Waals surface area contributed by atoms with Crippen molar-refractivity contribution < 1.29 is 18.7 Å². The fraction of sp³-hybridized carbons (Fsp3) is 0.250. The molecule has 4 nitrogen and oxygen atoms in total. The molecule has 0 bridgehead atoms. The van der Waals surface area contributed by atoms with Crippen LogP contribution in [0.3, 0.4) is 0 Å². The first-order valence-electron chi connectivity index (χ1n) is 6.68. The Kier molecular flexibility index (Phi) is 5.27. The predicted molar refractivity (Wildman–Crippen MR) is 82.3 cm³/mol. The average molecular weight is 321 g/mol. The Balaban J connectivity index is 2.21. The summed E-state index contributed by atoms with van der Waals surface area (Å²) in [5.74, 6) is -1.31. The van der Waals surface area contributed by atoms with Crippen molar-refractivity contribution in [3.63, 3.8) is 0 Å². The largest absolute Gasteiger partial charge is 0.469 e. The van der Waals surface area contributed by atoms with Gasteiger partial charge in [-0.2, -0.15) is 0 Å². The molecule has 0 aliphatic carbocycles. The maximum atomic E-state index is 13.3. The zero-order valence-corrected chi connectivity index (χ0v) is 13.1. The summed E-state index contributed by atoms with van der Waals surface area (Å²) in [6.45, 7) is 1.73. The zero-order valence-electron chi connectivity index (χ0n) is 12.3. The lowest BCUT2D eigenvalue weighted by atomic mass is 10.1. The minimum atomic E-state index is -0.498. The smallest absolute Gasteiger partial charge is 0.307 e. The molecular formula is C16H16FNO3S. The fourth-order valence-electron chi connectivity index (χ4n) is 2.04. The van der Waals surface area contributed by atoms with Crippen LogP contribution in [0.15, 0.2) is 35.7 Å². The van der Waals surface area contributed by atoms with Crippen LogP contribution in [0.25, 0.3) is 0 Å². The van der Waals surface area contributed by atoms with Gasteiger partial charge in [-0.25, -0.2) is 4.39 Å². The Morgan fingerprint density at radius 2 is 2.14 bits per heavy atom. The molecule has 22 heavy (non-hydrogen) atoms. The van der Waals surface area contributed by atoms with Gasteiger partial charge in [-0.3, -0.25) is 9.59 Å².